The fourth-order valence-corrected chi connectivity index (χ4v) is 2.89. The van der Waals surface area contributed by atoms with E-state index in [4.69, 9.17) is 19.5 Å². The first-order chi connectivity index (χ1) is 15.7. The number of nitrogens with zero attached hydrogens (tertiary/aromatic N) is 1. The van der Waals surface area contributed by atoms with Gasteiger partial charge >= 0.3 is 5.97 Å². The van der Waals surface area contributed by atoms with Gasteiger partial charge in [0.15, 0.2) is 6.10 Å². The average molecular weight is 453 g/mol. The third-order valence-corrected chi connectivity index (χ3v) is 4.79. The van der Waals surface area contributed by atoms with Crippen molar-refractivity contribution in [1.29, 1.82) is 5.26 Å². The Labute approximate surface area is 192 Å². The summed E-state index contributed by atoms with van der Waals surface area (Å²) in [5.74, 6) is -1.36. The zero-order valence-electron chi connectivity index (χ0n) is 19.2. The minimum Gasteiger partial charge on any atom is -0.497 e. The predicted octanol–water partition coefficient (Wildman–Crippen LogP) is 2.90. The number of ether oxygens (including phenoxy) is 3. The van der Waals surface area contributed by atoms with Gasteiger partial charge in [0.05, 0.1) is 25.5 Å². The first kappa shape index (κ1) is 25.2. The largest absolute Gasteiger partial charge is 0.497 e. The molecule has 0 radical (unpaired) electrons. The molecule has 0 aliphatic carbocycles. The van der Waals surface area contributed by atoms with Crippen LogP contribution in [-0.2, 0) is 14.3 Å². The first-order valence-corrected chi connectivity index (χ1v) is 10.2. The molecule has 1 unspecified atom stereocenters. The Bertz CT molecular complexity index is 1040. The first-order valence-electron chi connectivity index (χ1n) is 10.2. The third-order valence-electron chi connectivity index (χ3n) is 4.79. The van der Waals surface area contributed by atoms with Crippen molar-refractivity contribution in [3.8, 4) is 17.6 Å². The Morgan fingerprint density at radius 2 is 1.58 bits per heavy atom. The van der Waals surface area contributed by atoms with E-state index in [-0.39, 0.29) is 17.0 Å². The number of carbonyl (C=O) groups is 3. The lowest BCUT2D eigenvalue weighted by Crippen LogP contribution is -2.47. The molecule has 2 aromatic rings. The van der Waals surface area contributed by atoms with Crippen LogP contribution in [0, 0.1) is 17.2 Å². The topological polar surface area (TPSA) is 127 Å². The molecular weight excluding hydrogens is 426 g/mol. The molecule has 0 aliphatic rings. The summed E-state index contributed by atoms with van der Waals surface area (Å²) < 4.78 is 15.7. The Hall–Kier alpha value is -4.06. The molecule has 0 saturated heterocycles. The fourth-order valence-electron chi connectivity index (χ4n) is 2.89. The van der Waals surface area contributed by atoms with Gasteiger partial charge in [-0.2, -0.15) is 5.26 Å². The number of amides is 2. The van der Waals surface area contributed by atoms with Crippen LogP contribution in [-0.4, -0.2) is 44.1 Å². The molecule has 0 spiro atoms. The van der Waals surface area contributed by atoms with Crippen LogP contribution in [0.4, 0.5) is 5.69 Å². The molecule has 0 heterocycles. The molecule has 174 valence electrons. The van der Waals surface area contributed by atoms with Gasteiger partial charge < -0.3 is 24.8 Å². The van der Waals surface area contributed by atoms with E-state index in [1.54, 1.807) is 44.2 Å². The van der Waals surface area contributed by atoms with Gasteiger partial charge in [-0.1, -0.05) is 26.0 Å². The summed E-state index contributed by atoms with van der Waals surface area (Å²) in [5.41, 5.74) is 0.836. The minimum absolute atomic E-state index is 0.239. The summed E-state index contributed by atoms with van der Waals surface area (Å²) in [7, 11) is 2.93. The lowest BCUT2D eigenvalue weighted by Gasteiger charge is -2.23. The van der Waals surface area contributed by atoms with Crippen LogP contribution < -0.4 is 20.1 Å². The van der Waals surface area contributed by atoms with E-state index in [1.165, 1.54) is 33.3 Å². The van der Waals surface area contributed by atoms with Crippen molar-refractivity contribution in [2.45, 2.75) is 32.9 Å². The number of para-hydroxylation sites is 1. The van der Waals surface area contributed by atoms with Gasteiger partial charge in [0.25, 0.3) is 11.8 Å². The standard InChI is InChI=1S/C24H27N3O6/c1-14(2)21(27-23(29)17-10-18(31-4)12-19(11-17)32-5)24(30)33-15(3)22(28)26-20-9-7-6-8-16(20)13-25/h6-12,14-15,21H,1-5H3,(H,26,28)(H,27,29)/t15?,21-/m0/s1. The SMILES string of the molecule is COc1cc(OC)cc(C(=O)N[C@H](C(=O)OC(C)C(=O)Nc2ccccc2C#N)C(C)C)c1. The molecule has 0 aliphatic heterocycles. The maximum absolute atomic E-state index is 12.8. The highest BCUT2D eigenvalue weighted by atomic mass is 16.5. The monoisotopic (exact) mass is 453 g/mol. The van der Waals surface area contributed by atoms with Crippen molar-refractivity contribution < 1.29 is 28.6 Å². The molecule has 9 heteroatoms. The van der Waals surface area contributed by atoms with E-state index >= 15 is 0 Å². The maximum atomic E-state index is 12.8. The van der Waals surface area contributed by atoms with E-state index in [2.05, 4.69) is 10.6 Å². The predicted molar refractivity (Wildman–Crippen MR) is 121 cm³/mol. The molecule has 0 fully saturated rings. The third kappa shape index (κ3) is 6.71. The summed E-state index contributed by atoms with van der Waals surface area (Å²) in [6, 6.07) is 12.1. The van der Waals surface area contributed by atoms with E-state index < -0.39 is 29.9 Å². The van der Waals surface area contributed by atoms with E-state index in [0.717, 1.165) is 0 Å². The van der Waals surface area contributed by atoms with Gasteiger partial charge in [0, 0.05) is 11.6 Å². The van der Waals surface area contributed by atoms with Crippen LogP contribution in [0.25, 0.3) is 0 Å². The lowest BCUT2D eigenvalue weighted by atomic mass is 10.0. The molecule has 2 aromatic carbocycles. The smallest absolute Gasteiger partial charge is 0.329 e. The van der Waals surface area contributed by atoms with Crippen molar-refractivity contribution in [3.63, 3.8) is 0 Å². The van der Waals surface area contributed by atoms with Gasteiger partial charge in [-0.25, -0.2) is 4.79 Å². The summed E-state index contributed by atoms with van der Waals surface area (Å²) in [6.45, 7) is 4.90. The Balaban J connectivity index is 2.09. The summed E-state index contributed by atoms with van der Waals surface area (Å²) in [6.07, 6.45) is -1.15. The van der Waals surface area contributed by atoms with E-state index in [1.807, 2.05) is 6.07 Å². The highest BCUT2D eigenvalue weighted by Crippen LogP contribution is 2.23. The zero-order chi connectivity index (χ0) is 24.5. The van der Waals surface area contributed by atoms with Crippen molar-refractivity contribution in [2.24, 2.45) is 5.92 Å². The normalized spacial score (nSPS) is 12.2. The molecule has 2 N–H and O–H groups in total. The number of rotatable bonds is 9. The van der Waals surface area contributed by atoms with Crippen LogP contribution in [0.5, 0.6) is 11.5 Å². The number of carbonyl (C=O) groups excluding carboxylic acids is 3. The minimum atomic E-state index is -1.15. The van der Waals surface area contributed by atoms with Crippen molar-refractivity contribution in [3.05, 3.63) is 53.6 Å². The highest BCUT2D eigenvalue weighted by molar-refractivity contribution is 5.99. The number of benzene rings is 2. The van der Waals surface area contributed by atoms with E-state index in [0.29, 0.717) is 17.2 Å². The number of nitriles is 1. The lowest BCUT2D eigenvalue weighted by molar-refractivity contribution is -0.156. The van der Waals surface area contributed by atoms with Crippen molar-refractivity contribution in [1.82, 2.24) is 5.32 Å². The molecule has 9 nitrogen and oxygen atoms in total. The molecule has 0 bridgehead atoms. The van der Waals surface area contributed by atoms with Gasteiger partial charge in [-0.15, -0.1) is 0 Å². The Morgan fingerprint density at radius 1 is 0.970 bits per heavy atom. The van der Waals surface area contributed by atoms with Gasteiger partial charge in [0.1, 0.15) is 23.6 Å². The number of esters is 1. The second kappa shape index (κ2) is 11.5. The zero-order valence-corrected chi connectivity index (χ0v) is 19.2. The van der Waals surface area contributed by atoms with E-state index in [9.17, 15) is 14.4 Å². The van der Waals surface area contributed by atoms with Crippen molar-refractivity contribution >= 4 is 23.5 Å². The number of hydrogen-bond acceptors (Lipinski definition) is 7. The summed E-state index contributed by atoms with van der Waals surface area (Å²) in [5, 5.41) is 14.4. The highest BCUT2D eigenvalue weighted by Gasteiger charge is 2.29. The van der Waals surface area contributed by atoms with Crippen LogP contribution in [0.1, 0.15) is 36.7 Å². The number of nitrogens with one attached hydrogen (secondary N) is 2. The Kier molecular flexibility index (Phi) is 8.80. The Morgan fingerprint density at radius 3 is 2.12 bits per heavy atom. The molecule has 2 atom stereocenters. The molecular formula is C24H27N3O6. The summed E-state index contributed by atoms with van der Waals surface area (Å²) >= 11 is 0. The van der Waals surface area contributed by atoms with Crippen molar-refractivity contribution in [2.75, 3.05) is 19.5 Å². The molecule has 33 heavy (non-hydrogen) atoms. The van der Waals surface area contributed by atoms with Gasteiger partial charge in [-0.05, 0) is 37.1 Å². The maximum Gasteiger partial charge on any atom is 0.329 e. The second-order valence-corrected chi connectivity index (χ2v) is 7.52. The summed E-state index contributed by atoms with van der Waals surface area (Å²) in [4.78, 5) is 38.0. The molecule has 0 saturated carbocycles. The molecule has 2 rings (SSSR count). The number of hydrogen-bond donors (Lipinski definition) is 2. The molecule has 0 aromatic heterocycles. The van der Waals surface area contributed by atoms with Crippen LogP contribution in [0.15, 0.2) is 42.5 Å². The van der Waals surface area contributed by atoms with Crippen LogP contribution >= 0.6 is 0 Å². The average Bonchev–Trinajstić information content (AvgIpc) is 2.81. The second-order valence-electron chi connectivity index (χ2n) is 7.52. The van der Waals surface area contributed by atoms with Crippen LogP contribution in [0.2, 0.25) is 0 Å². The fraction of sp³-hybridized carbons (Fsp3) is 0.333. The number of anilines is 1. The van der Waals surface area contributed by atoms with Gasteiger partial charge in [0.2, 0.25) is 0 Å². The van der Waals surface area contributed by atoms with Gasteiger partial charge in [-0.3, -0.25) is 9.59 Å². The number of methoxy groups -OCH3 is 2. The molecule has 2 amide bonds. The van der Waals surface area contributed by atoms with Crippen LogP contribution in [0.3, 0.4) is 0 Å². The quantitative estimate of drug-likeness (QED) is 0.559.